The zero-order chi connectivity index (χ0) is 26.2. The Bertz CT molecular complexity index is 1380. The normalized spacial score (nSPS) is 10.8. The number of carbonyl (C=O) groups excluding carboxylic acids is 2. The van der Waals surface area contributed by atoms with Crippen molar-refractivity contribution < 1.29 is 19.1 Å². The number of hydrogen-bond acceptors (Lipinski definition) is 5. The monoisotopic (exact) mass is 523 g/mol. The number of rotatable bonds is 8. The van der Waals surface area contributed by atoms with Gasteiger partial charge < -0.3 is 20.1 Å². The maximum atomic E-state index is 12.6. The van der Waals surface area contributed by atoms with Crippen molar-refractivity contribution in [3.8, 4) is 17.6 Å². The van der Waals surface area contributed by atoms with Gasteiger partial charge in [-0.25, -0.2) is 0 Å². The van der Waals surface area contributed by atoms with E-state index in [1.54, 1.807) is 30.3 Å². The summed E-state index contributed by atoms with van der Waals surface area (Å²) in [7, 11) is 1.42. The summed E-state index contributed by atoms with van der Waals surface area (Å²) in [5.74, 6) is -0.580. The molecule has 0 aromatic heterocycles. The Balaban J connectivity index is 1.75. The Labute approximate surface area is 219 Å². The molecule has 0 aliphatic carbocycles. The number of halogens is 2. The lowest BCUT2D eigenvalue weighted by Crippen LogP contribution is -2.21. The number of benzene rings is 3. The van der Waals surface area contributed by atoms with Gasteiger partial charge in [-0.2, -0.15) is 5.26 Å². The van der Waals surface area contributed by atoms with E-state index in [1.807, 2.05) is 38.1 Å². The van der Waals surface area contributed by atoms with E-state index in [0.29, 0.717) is 22.0 Å². The smallest absolute Gasteiger partial charge is 0.266 e. The van der Waals surface area contributed by atoms with Gasteiger partial charge in [-0.3, -0.25) is 9.59 Å². The average molecular weight is 524 g/mol. The van der Waals surface area contributed by atoms with E-state index in [-0.39, 0.29) is 34.6 Å². The zero-order valence-electron chi connectivity index (χ0n) is 19.8. The van der Waals surface area contributed by atoms with E-state index in [0.717, 1.165) is 11.1 Å². The molecule has 0 spiro atoms. The average Bonchev–Trinajstić information content (AvgIpc) is 2.83. The third-order valence-corrected chi connectivity index (χ3v) is 5.54. The Morgan fingerprint density at radius 3 is 2.53 bits per heavy atom. The first-order valence-electron chi connectivity index (χ1n) is 10.8. The molecule has 9 heteroatoms. The van der Waals surface area contributed by atoms with Crippen LogP contribution in [0.1, 0.15) is 16.7 Å². The van der Waals surface area contributed by atoms with Gasteiger partial charge in [-0.15, -0.1) is 0 Å². The van der Waals surface area contributed by atoms with E-state index >= 15 is 0 Å². The second-order valence-electron chi connectivity index (χ2n) is 7.82. The van der Waals surface area contributed by atoms with Crippen molar-refractivity contribution in [2.75, 3.05) is 24.4 Å². The Morgan fingerprint density at radius 2 is 1.83 bits per heavy atom. The van der Waals surface area contributed by atoms with Crippen LogP contribution in [-0.2, 0) is 9.59 Å². The van der Waals surface area contributed by atoms with Crippen LogP contribution in [0.15, 0.2) is 60.2 Å². The summed E-state index contributed by atoms with van der Waals surface area (Å²) in [6.45, 7) is 3.53. The molecule has 0 aliphatic heterocycles. The van der Waals surface area contributed by atoms with Crippen LogP contribution in [0.5, 0.6) is 11.5 Å². The van der Waals surface area contributed by atoms with E-state index in [4.69, 9.17) is 32.7 Å². The first-order chi connectivity index (χ1) is 17.2. The topological polar surface area (TPSA) is 100 Å². The third kappa shape index (κ3) is 7.01. The van der Waals surface area contributed by atoms with E-state index < -0.39 is 5.91 Å². The SMILES string of the molecule is COc1cc(/C=C(/C#N)C(=O)Nc2cccc(Cl)c2)cc(Cl)c1OCC(=O)Nc1cc(C)ccc1C. The highest BCUT2D eigenvalue weighted by molar-refractivity contribution is 6.32. The number of nitriles is 1. The van der Waals surface area contributed by atoms with Crippen LogP contribution in [0.3, 0.4) is 0 Å². The quantitative estimate of drug-likeness (QED) is 0.271. The van der Waals surface area contributed by atoms with Crippen LogP contribution in [0.25, 0.3) is 6.08 Å². The molecule has 2 N–H and O–H groups in total. The minimum absolute atomic E-state index is 0.146. The van der Waals surface area contributed by atoms with Gasteiger partial charge in [0, 0.05) is 16.4 Å². The molecule has 0 radical (unpaired) electrons. The number of anilines is 2. The fourth-order valence-corrected chi connectivity index (χ4v) is 3.70. The zero-order valence-corrected chi connectivity index (χ0v) is 21.3. The van der Waals surface area contributed by atoms with Crippen molar-refractivity contribution in [1.29, 1.82) is 5.26 Å². The molecule has 0 atom stereocenters. The van der Waals surface area contributed by atoms with Crippen molar-refractivity contribution in [2.24, 2.45) is 0 Å². The second-order valence-corrected chi connectivity index (χ2v) is 8.67. The molecule has 3 rings (SSSR count). The Morgan fingerprint density at radius 1 is 1.06 bits per heavy atom. The lowest BCUT2D eigenvalue weighted by atomic mass is 10.1. The maximum Gasteiger partial charge on any atom is 0.266 e. The van der Waals surface area contributed by atoms with E-state index in [9.17, 15) is 14.9 Å². The number of ether oxygens (including phenoxy) is 2. The van der Waals surface area contributed by atoms with E-state index in [1.165, 1.54) is 19.3 Å². The summed E-state index contributed by atoms with van der Waals surface area (Å²) in [6.07, 6.45) is 1.37. The number of amides is 2. The summed E-state index contributed by atoms with van der Waals surface area (Å²) >= 11 is 12.3. The van der Waals surface area contributed by atoms with Gasteiger partial charge in [0.05, 0.1) is 12.1 Å². The maximum absolute atomic E-state index is 12.6. The van der Waals surface area contributed by atoms with Crippen LogP contribution in [0.4, 0.5) is 11.4 Å². The minimum Gasteiger partial charge on any atom is -0.493 e. The molecule has 0 saturated heterocycles. The third-order valence-electron chi connectivity index (χ3n) is 5.03. The molecule has 7 nitrogen and oxygen atoms in total. The molecular weight excluding hydrogens is 501 g/mol. The van der Waals surface area contributed by atoms with Crippen molar-refractivity contribution in [3.63, 3.8) is 0 Å². The first kappa shape index (κ1) is 26.6. The number of nitrogens with zero attached hydrogens (tertiary/aromatic N) is 1. The predicted molar refractivity (Wildman–Crippen MR) is 142 cm³/mol. The fourth-order valence-electron chi connectivity index (χ4n) is 3.24. The standard InChI is InChI=1S/C27H23Cl2N3O4/c1-16-7-8-17(2)23(9-16)32-25(33)15-36-26-22(29)11-18(12-24(26)35-3)10-19(14-30)27(34)31-21-6-4-5-20(28)13-21/h4-13H,15H2,1-3H3,(H,31,34)(H,32,33)/b19-10-. The number of hydrogen-bond donors (Lipinski definition) is 2. The lowest BCUT2D eigenvalue weighted by Gasteiger charge is -2.14. The highest BCUT2D eigenvalue weighted by atomic mass is 35.5. The minimum atomic E-state index is -0.613. The number of nitrogens with one attached hydrogen (secondary N) is 2. The molecular formula is C27H23Cl2N3O4. The van der Waals surface area contributed by atoms with Crippen molar-refractivity contribution in [2.45, 2.75) is 13.8 Å². The number of methoxy groups -OCH3 is 1. The summed E-state index contributed by atoms with van der Waals surface area (Å²) in [5, 5.41) is 15.5. The molecule has 0 saturated carbocycles. The second kappa shape index (κ2) is 12.1. The highest BCUT2D eigenvalue weighted by Crippen LogP contribution is 2.37. The summed E-state index contributed by atoms with van der Waals surface area (Å²) in [5.41, 5.74) is 3.36. The van der Waals surface area contributed by atoms with Crippen molar-refractivity contribution >= 4 is 52.5 Å². The van der Waals surface area contributed by atoms with Gasteiger partial charge in [0.25, 0.3) is 11.8 Å². The van der Waals surface area contributed by atoms with Crippen LogP contribution >= 0.6 is 23.2 Å². The molecule has 2 amide bonds. The lowest BCUT2D eigenvalue weighted by molar-refractivity contribution is -0.118. The van der Waals surface area contributed by atoms with Crippen LogP contribution in [0.2, 0.25) is 10.0 Å². The van der Waals surface area contributed by atoms with Crippen LogP contribution < -0.4 is 20.1 Å². The molecule has 36 heavy (non-hydrogen) atoms. The van der Waals surface area contributed by atoms with Gasteiger partial charge in [-0.1, -0.05) is 41.4 Å². The highest BCUT2D eigenvalue weighted by Gasteiger charge is 2.16. The molecule has 0 aliphatic rings. The molecule has 0 fully saturated rings. The number of carbonyl (C=O) groups is 2. The molecule has 0 unspecified atom stereocenters. The first-order valence-corrected chi connectivity index (χ1v) is 11.5. The number of aryl methyl sites for hydroxylation is 2. The summed E-state index contributed by atoms with van der Waals surface area (Å²) in [6, 6.07) is 17.3. The van der Waals surface area contributed by atoms with Crippen molar-refractivity contribution in [1.82, 2.24) is 0 Å². The summed E-state index contributed by atoms with van der Waals surface area (Å²) < 4.78 is 11.0. The largest absolute Gasteiger partial charge is 0.493 e. The summed E-state index contributed by atoms with van der Waals surface area (Å²) in [4.78, 5) is 25.0. The van der Waals surface area contributed by atoms with Gasteiger partial charge >= 0.3 is 0 Å². The molecule has 3 aromatic carbocycles. The predicted octanol–water partition coefficient (Wildman–Crippen LogP) is 6.18. The molecule has 184 valence electrons. The Hall–Kier alpha value is -3.99. The van der Waals surface area contributed by atoms with Crippen LogP contribution in [-0.4, -0.2) is 25.5 Å². The fraction of sp³-hybridized carbons (Fsp3) is 0.148. The van der Waals surface area contributed by atoms with Gasteiger partial charge in [0.2, 0.25) is 0 Å². The van der Waals surface area contributed by atoms with Crippen molar-refractivity contribution in [3.05, 3.63) is 86.9 Å². The van der Waals surface area contributed by atoms with Gasteiger partial charge in [-0.05, 0) is 73.0 Å². The molecule has 3 aromatic rings. The van der Waals surface area contributed by atoms with E-state index in [2.05, 4.69) is 10.6 Å². The molecule has 0 heterocycles. The molecule has 0 bridgehead atoms. The Kier molecular flexibility index (Phi) is 8.96. The van der Waals surface area contributed by atoms with Gasteiger partial charge in [0.15, 0.2) is 18.1 Å². The van der Waals surface area contributed by atoms with Crippen LogP contribution in [0, 0.1) is 25.2 Å². The van der Waals surface area contributed by atoms with Gasteiger partial charge in [0.1, 0.15) is 11.6 Å².